The van der Waals surface area contributed by atoms with Gasteiger partial charge in [0, 0.05) is 22.8 Å². The number of rotatable bonds is 7. The summed E-state index contributed by atoms with van der Waals surface area (Å²) in [6.07, 6.45) is 4.42. The number of pyridine rings is 1. The van der Waals surface area contributed by atoms with E-state index in [-0.39, 0.29) is 12.5 Å². The lowest BCUT2D eigenvalue weighted by Gasteiger charge is -2.19. The van der Waals surface area contributed by atoms with E-state index in [0.29, 0.717) is 10.8 Å². The molecule has 0 saturated heterocycles. The highest BCUT2D eigenvalue weighted by Gasteiger charge is 2.21. The number of fused-ring (bicyclic) bond motifs is 1. The molecule has 1 unspecified atom stereocenters. The number of halogens is 1. The van der Waals surface area contributed by atoms with Crippen LogP contribution in [0.3, 0.4) is 0 Å². The SMILES string of the molecule is CCC(Oc1cc(-c2cnc3ccccn23)sc1CC(N)=O)c1ccccc1Cl. The van der Waals surface area contributed by atoms with Crippen molar-refractivity contribution in [1.29, 1.82) is 0 Å². The number of primary amides is 1. The van der Waals surface area contributed by atoms with Crippen LogP contribution in [0.1, 0.15) is 29.9 Å². The first-order valence-electron chi connectivity index (χ1n) is 9.31. The molecule has 4 aromatic rings. The molecule has 0 aliphatic heterocycles. The number of hydrogen-bond donors (Lipinski definition) is 1. The van der Waals surface area contributed by atoms with Crippen molar-refractivity contribution in [3.05, 3.63) is 76.4 Å². The molecule has 3 aromatic heterocycles. The Bertz CT molecular complexity index is 1170. The minimum absolute atomic E-state index is 0.121. The van der Waals surface area contributed by atoms with E-state index in [1.54, 1.807) is 0 Å². The standard InChI is InChI=1S/C22H20ClN3O2S/c1-2-17(14-7-3-4-8-15(14)23)28-18-11-19(29-20(18)12-21(24)27)16-13-25-22-9-5-6-10-26(16)22/h3-11,13,17H,2,12H2,1H3,(H2,24,27). The highest BCUT2D eigenvalue weighted by Crippen LogP contribution is 2.40. The number of nitrogens with two attached hydrogens (primary N) is 1. The summed E-state index contributed by atoms with van der Waals surface area (Å²) in [6.45, 7) is 2.04. The average Bonchev–Trinajstić information content (AvgIpc) is 3.30. The summed E-state index contributed by atoms with van der Waals surface area (Å²) in [6, 6.07) is 15.5. The van der Waals surface area contributed by atoms with Gasteiger partial charge in [-0.2, -0.15) is 0 Å². The van der Waals surface area contributed by atoms with Crippen LogP contribution in [-0.2, 0) is 11.2 Å². The zero-order valence-corrected chi connectivity index (χ0v) is 17.4. The third-order valence-corrected chi connectivity index (χ3v) is 6.15. The quantitative estimate of drug-likeness (QED) is 0.438. The molecule has 1 amide bonds. The molecule has 2 N–H and O–H groups in total. The second-order valence-corrected chi connectivity index (χ2v) is 8.19. The van der Waals surface area contributed by atoms with Crippen LogP contribution in [-0.4, -0.2) is 15.3 Å². The normalized spacial score (nSPS) is 12.2. The van der Waals surface area contributed by atoms with Gasteiger partial charge in [-0.1, -0.05) is 42.8 Å². The van der Waals surface area contributed by atoms with Crippen LogP contribution in [0.25, 0.3) is 16.2 Å². The lowest BCUT2D eigenvalue weighted by Crippen LogP contribution is -2.14. The van der Waals surface area contributed by atoms with Crippen molar-refractivity contribution < 1.29 is 9.53 Å². The number of carbonyl (C=O) groups is 1. The first kappa shape index (κ1) is 19.5. The lowest BCUT2D eigenvalue weighted by molar-refractivity contribution is -0.117. The summed E-state index contributed by atoms with van der Waals surface area (Å²) in [5.41, 5.74) is 8.20. The zero-order valence-electron chi connectivity index (χ0n) is 15.8. The molecule has 0 fully saturated rings. The summed E-state index contributed by atoms with van der Waals surface area (Å²) >= 11 is 7.87. The summed E-state index contributed by atoms with van der Waals surface area (Å²) in [4.78, 5) is 17.9. The van der Waals surface area contributed by atoms with Gasteiger partial charge in [0.05, 0.1) is 28.1 Å². The minimum atomic E-state index is -0.396. The maximum Gasteiger partial charge on any atom is 0.222 e. The summed E-state index contributed by atoms with van der Waals surface area (Å²) in [5, 5.41) is 0.660. The van der Waals surface area contributed by atoms with E-state index >= 15 is 0 Å². The molecule has 0 bridgehead atoms. The molecule has 4 rings (SSSR count). The zero-order chi connectivity index (χ0) is 20.4. The maximum absolute atomic E-state index is 11.6. The molecule has 7 heteroatoms. The topological polar surface area (TPSA) is 69.6 Å². The highest BCUT2D eigenvalue weighted by molar-refractivity contribution is 7.15. The fourth-order valence-corrected chi connectivity index (χ4v) is 4.66. The Morgan fingerprint density at radius 3 is 2.83 bits per heavy atom. The van der Waals surface area contributed by atoms with Crippen LogP contribution < -0.4 is 10.5 Å². The van der Waals surface area contributed by atoms with Gasteiger partial charge in [0.2, 0.25) is 5.91 Å². The van der Waals surface area contributed by atoms with Gasteiger partial charge in [-0.05, 0) is 24.6 Å². The summed E-state index contributed by atoms with van der Waals surface area (Å²) in [5.74, 6) is 0.258. The fourth-order valence-electron chi connectivity index (χ4n) is 3.29. The smallest absolute Gasteiger partial charge is 0.222 e. The van der Waals surface area contributed by atoms with Crippen LogP contribution in [0.2, 0.25) is 5.02 Å². The fraction of sp³-hybridized carbons (Fsp3) is 0.182. The van der Waals surface area contributed by atoms with E-state index < -0.39 is 5.91 Å². The van der Waals surface area contributed by atoms with E-state index in [0.717, 1.165) is 33.1 Å². The number of hydrogen-bond acceptors (Lipinski definition) is 4. The molecule has 1 atom stereocenters. The van der Waals surface area contributed by atoms with Gasteiger partial charge in [-0.25, -0.2) is 4.98 Å². The third kappa shape index (κ3) is 3.99. The lowest BCUT2D eigenvalue weighted by atomic mass is 10.1. The van der Waals surface area contributed by atoms with Gasteiger partial charge in [0.25, 0.3) is 0 Å². The minimum Gasteiger partial charge on any atom is -0.484 e. The summed E-state index contributed by atoms with van der Waals surface area (Å²) in [7, 11) is 0. The predicted molar refractivity (Wildman–Crippen MR) is 117 cm³/mol. The Labute approximate surface area is 177 Å². The van der Waals surface area contributed by atoms with E-state index in [9.17, 15) is 4.79 Å². The van der Waals surface area contributed by atoms with E-state index in [1.165, 1.54) is 11.3 Å². The molecule has 148 valence electrons. The van der Waals surface area contributed by atoms with Crippen molar-refractivity contribution in [2.75, 3.05) is 0 Å². The second-order valence-electron chi connectivity index (χ2n) is 6.65. The van der Waals surface area contributed by atoms with Crippen molar-refractivity contribution in [2.45, 2.75) is 25.9 Å². The van der Waals surface area contributed by atoms with Crippen LogP contribution in [0, 0.1) is 0 Å². The van der Waals surface area contributed by atoms with Crippen LogP contribution in [0.5, 0.6) is 5.75 Å². The first-order valence-corrected chi connectivity index (χ1v) is 10.5. The van der Waals surface area contributed by atoms with Crippen molar-refractivity contribution >= 4 is 34.5 Å². The number of imidazole rings is 1. The number of nitrogens with zero attached hydrogens (tertiary/aromatic N) is 2. The average molecular weight is 426 g/mol. The molecule has 3 heterocycles. The third-order valence-electron chi connectivity index (χ3n) is 4.67. The van der Waals surface area contributed by atoms with Gasteiger partial charge in [-0.3, -0.25) is 9.20 Å². The molecular weight excluding hydrogens is 406 g/mol. The Hall–Kier alpha value is -2.83. The Balaban J connectivity index is 1.74. The van der Waals surface area contributed by atoms with Gasteiger partial charge in [-0.15, -0.1) is 11.3 Å². The van der Waals surface area contributed by atoms with Crippen molar-refractivity contribution in [3.63, 3.8) is 0 Å². The van der Waals surface area contributed by atoms with Crippen LogP contribution in [0.4, 0.5) is 0 Å². The van der Waals surface area contributed by atoms with Crippen molar-refractivity contribution in [1.82, 2.24) is 9.38 Å². The largest absolute Gasteiger partial charge is 0.484 e. The van der Waals surface area contributed by atoms with Gasteiger partial charge >= 0.3 is 0 Å². The van der Waals surface area contributed by atoms with Gasteiger partial charge < -0.3 is 10.5 Å². The molecule has 5 nitrogen and oxygen atoms in total. The molecular formula is C22H20ClN3O2S. The Morgan fingerprint density at radius 2 is 2.07 bits per heavy atom. The van der Waals surface area contributed by atoms with Crippen molar-refractivity contribution in [3.8, 4) is 16.3 Å². The molecule has 0 aliphatic rings. The van der Waals surface area contributed by atoms with Crippen LogP contribution >= 0.6 is 22.9 Å². The molecule has 29 heavy (non-hydrogen) atoms. The van der Waals surface area contributed by atoms with E-state index in [4.69, 9.17) is 22.1 Å². The van der Waals surface area contributed by atoms with E-state index in [1.807, 2.05) is 72.2 Å². The van der Waals surface area contributed by atoms with E-state index in [2.05, 4.69) is 4.98 Å². The number of aromatic nitrogens is 2. The van der Waals surface area contributed by atoms with Gasteiger partial charge in [0.1, 0.15) is 17.5 Å². The number of ether oxygens (including phenoxy) is 1. The number of carbonyl (C=O) groups excluding carboxylic acids is 1. The van der Waals surface area contributed by atoms with Crippen molar-refractivity contribution in [2.24, 2.45) is 5.73 Å². The highest BCUT2D eigenvalue weighted by atomic mass is 35.5. The molecule has 1 aromatic carbocycles. The van der Waals surface area contributed by atoms with Gasteiger partial charge in [0.15, 0.2) is 0 Å². The summed E-state index contributed by atoms with van der Waals surface area (Å²) < 4.78 is 8.35. The monoisotopic (exact) mass is 425 g/mol. The molecule has 0 radical (unpaired) electrons. The maximum atomic E-state index is 11.6. The molecule has 0 saturated carbocycles. The molecule has 0 aliphatic carbocycles. The number of benzene rings is 1. The number of amides is 1. The predicted octanol–water partition coefficient (Wildman–Crippen LogP) is 5.27. The number of thiophene rings is 1. The first-order chi connectivity index (χ1) is 14.1. The Kier molecular flexibility index (Phi) is 5.56. The second kappa shape index (κ2) is 8.27. The van der Waals surface area contributed by atoms with Crippen LogP contribution in [0.15, 0.2) is 60.9 Å². The Morgan fingerprint density at radius 1 is 1.28 bits per heavy atom. The molecule has 0 spiro atoms.